The Bertz CT molecular complexity index is 958. The number of nitrogens with one attached hydrogen (secondary N) is 1. The standard InChI is InChI=1S/C19H14BrClN2O2S/c20-15-10-12(8-13-4-1-2-5-16(13)21)9-14(18(15)24)11-22-23-19(25)17-6-3-7-26-17/h1-7,9-11,24H,8H2,(H,23,25)/b22-11-. The smallest absolute Gasteiger partial charge is 0.281 e. The summed E-state index contributed by atoms with van der Waals surface area (Å²) in [5.74, 6) is -0.232. The van der Waals surface area contributed by atoms with Crippen molar-refractivity contribution in [3.8, 4) is 5.75 Å². The van der Waals surface area contributed by atoms with Crippen LogP contribution in [0.5, 0.6) is 5.75 Å². The third-order valence-electron chi connectivity index (χ3n) is 3.62. The van der Waals surface area contributed by atoms with Crippen LogP contribution in [0.15, 0.2) is 63.5 Å². The van der Waals surface area contributed by atoms with Crippen LogP contribution in [0, 0.1) is 0 Å². The highest BCUT2D eigenvalue weighted by molar-refractivity contribution is 9.10. The van der Waals surface area contributed by atoms with Crippen LogP contribution in [-0.4, -0.2) is 17.2 Å². The van der Waals surface area contributed by atoms with Crippen molar-refractivity contribution in [1.82, 2.24) is 5.43 Å². The number of hydrogen-bond acceptors (Lipinski definition) is 4. The molecule has 0 atom stereocenters. The molecule has 0 fully saturated rings. The van der Waals surface area contributed by atoms with Crippen molar-refractivity contribution in [2.75, 3.05) is 0 Å². The number of hydrogen-bond donors (Lipinski definition) is 2. The van der Waals surface area contributed by atoms with Crippen LogP contribution in [0.25, 0.3) is 0 Å². The van der Waals surface area contributed by atoms with Gasteiger partial charge in [0.1, 0.15) is 5.75 Å². The first-order valence-electron chi connectivity index (χ1n) is 7.66. The summed E-state index contributed by atoms with van der Waals surface area (Å²) in [4.78, 5) is 12.5. The van der Waals surface area contributed by atoms with E-state index in [1.54, 1.807) is 12.1 Å². The van der Waals surface area contributed by atoms with Gasteiger partial charge in [-0.15, -0.1) is 11.3 Å². The Hall–Kier alpha value is -2.15. The van der Waals surface area contributed by atoms with Crippen molar-refractivity contribution >= 4 is 51.0 Å². The minimum absolute atomic E-state index is 0.0574. The molecular weight excluding hydrogens is 436 g/mol. The van der Waals surface area contributed by atoms with Gasteiger partial charge in [-0.2, -0.15) is 5.10 Å². The van der Waals surface area contributed by atoms with Gasteiger partial charge in [-0.25, -0.2) is 5.43 Å². The summed E-state index contributed by atoms with van der Waals surface area (Å²) in [5, 5.41) is 16.7. The van der Waals surface area contributed by atoms with Gasteiger partial charge in [-0.05, 0) is 63.1 Å². The van der Waals surface area contributed by atoms with Crippen LogP contribution in [-0.2, 0) is 6.42 Å². The fraction of sp³-hybridized carbons (Fsp3) is 0.0526. The van der Waals surface area contributed by atoms with E-state index >= 15 is 0 Å². The molecule has 7 heteroatoms. The molecule has 132 valence electrons. The van der Waals surface area contributed by atoms with Gasteiger partial charge in [0, 0.05) is 10.6 Å². The highest BCUT2D eigenvalue weighted by atomic mass is 79.9. The highest BCUT2D eigenvalue weighted by Crippen LogP contribution is 2.30. The van der Waals surface area contributed by atoms with Crippen LogP contribution in [0.4, 0.5) is 0 Å². The third kappa shape index (κ3) is 4.52. The first-order valence-corrected chi connectivity index (χ1v) is 9.71. The monoisotopic (exact) mass is 448 g/mol. The molecule has 0 spiro atoms. The maximum Gasteiger partial charge on any atom is 0.281 e. The Morgan fingerprint density at radius 1 is 1.27 bits per heavy atom. The summed E-state index contributed by atoms with van der Waals surface area (Å²) < 4.78 is 0.549. The summed E-state index contributed by atoms with van der Waals surface area (Å²) in [6.45, 7) is 0. The zero-order chi connectivity index (χ0) is 18.5. The van der Waals surface area contributed by atoms with E-state index in [-0.39, 0.29) is 11.7 Å². The first-order chi connectivity index (χ1) is 12.5. The Morgan fingerprint density at radius 2 is 2.08 bits per heavy atom. The number of carbonyl (C=O) groups excluding carboxylic acids is 1. The predicted octanol–water partition coefficient (Wildman–Crippen LogP) is 5.22. The molecule has 3 aromatic rings. The summed E-state index contributed by atoms with van der Waals surface area (Å²) in [5.41, 5.74) is 4.88. The Labute approximate surface area is 168 Å². The molecule has 1 amide bonds. The first kappa shape index (κ1) is 18.6. The van der Waals surface area contributed by atoms with Gasteiger partial charge in [0.15, 0.2) is 0 Å². The molecular formula is C19H14BrClN2O2S. The topological polar surface area (TPSA) is 61.7 Å². The molecule has 0 unspecified atom stereocenters. The van der Waals surface area contributed by atoms with E-state index in [2.05, 4.69) is 26.5 Å². The third-order valence-corrected chi connectivity index (χ3v) is 5.46. The number of aromatic hydroxyl groups is 1. The number of hydrazone groups is 1. The average Bonchev–Trinajstić information content (AvgIpc) is 3.15. The van der Waals surface area contributed by atoms with Crippen LogP contribution >= 0.6 is 38.9 Å². The molecule has 1 heterocycles. The van der Waals surface area contributed by atoms with Crippen molar-refractivity contribution in [2.45, 2.75) is 6.42 Å². The molecule has 0 saturated carbocycles. The van der Waals surface area contributed by atoms with E-state index in [4.69, 9.17) is 11.6 Å². The molecule has 26 heavy (non-hydrogen) atoms. The van der Waals surface area contributed by atoms with Crippen LogP contribution in [0.1, 0.15) is 26.4 Å². The molecule has 0 aliphatic carbocycles. The summed E-state index contributed by atoms with van der Waals surface area (Å²) in [6, 6.07) is 14.8. The number of amides is 1. The Balaban J connectivity index is 1.78. The summed E-state index contributed by atoms with van der Waals surface area (Å²) >= 11 is 10.9. The SMILES string of the molecule is O=C(N/N=C\c1cc(Cc2ccccc2Cl)cc(Br)c1O)c1cccs1. The Kier molecular flexibility index (Phi) is 6.08. The molecule has 0 aliphatic rings. The predicted molar refractivity (Wildman–Crippen MR) is 109 cm³/mol. The van der Waals surface area contributed by atoms with Crippen molar-refractivity contribution in [2.24, 2.45) is 5.10 Å². The lowest BCUT2D eigenvalue weighted by Crippen LogP contribution is -2.16. The number of thiophene rings is 1. The van der Waals surface area contributed by atoms with Crippen LogP contribution in [0.2, 0.25) is 5.02 Å². The van der Waals surface area contributed by atoms with E-state index in [0.29, 0.717) is 26.4 Å². The normalized spacial score (nSPS) is 11.0. The second-order valence-corrected chi connectivity index (χ2v) is 7.67. The van der Waals surface area contributed by atoms with Gasteiger partial charge in [-0.3, -0.25) is 4.79 Å². The number of carbonyl (C=O) groups is 1. The minimum Gasteiger partial charge on any atom is -0.506 e. The quantitative estimate of drug-likeness (QED) is 0.414. The Morgan fingerprint density at radius 3 is 2.81 bits per heavy atom. The lowest BCUT2D eigenvalue weighted by atomic mass is 10.0. The highest BCUT2D eigenvalue weighted by Gasteiger charge is 2.09. The van der Waals surface area contributed by atoms with Gasteiger partial charge in [-0.1, -0.05) is 35.9 Å². The molecule has 0 aliphatic heterocycles. The maximum atomic E-state index is 11.9. The molecule has 0 radical (unpaired) electrons. The van der Waals surface area contributed by atoms with Gasteiger partial charge in [0.25, 0.3) is 5.91 Å². The van der Waals surface area contributed by atoms with Crippen LogP contribution < -0.4 is 5.43 Å². The maximum absolute atomic E-state index is 11.9. The minimum atomic E-state index is -0.290. The molecule has 2 N–H and O–H groups in total. The lowest BCUT2D eigenvalue weighted by molar-refractivity contribution is 0.0959. The van der Waals surface area contributed by atoms with E-state index in [1.807, 2.05) is 41.8 Å². The second-order valence-electron chi connectivity index (χ2n) is 5.46. The summed E-state index contributed by atoms with van der Waals surface area (Å²) in [6.07, 6.45) is 2.03. The van der Waals surface area contributed by atoms with Crippen molar-refractivity contribution in [3.05, 3.63) is 85.0 Å². The molecule has 1 aromatic heterocycles. The van der Waals surface area contributed by atoms with E-state index < -0.39 is 0 Å². The number of benzene rings is 2. The van der Waals surface area contributed by atoms with E-state index in [0.717, 1.165) is 11.1 Å². The van der Waals surface area contributed by atoms with Gasteiger partial charge in [0.2, 0.25) is 0 Å². The number of phenols is 1. The number of halogens is 2. The summed E-state index contributed by atoms with van der Waals surface area (Å²) in [7, 11) is 0. The van der Waals surface area contributed by atoms with Crippen molar-refractivity contribution in [3.63, 3.8) is 0 Å². The number of rotatable bonds is 5. The van der Waals surface area contributed by atoms with Gasteiger partial charge >= 0.3 is 0 Å². The molecule has 2 aromatic carbocycles. The fourth-order valence-electron chi connectivity index (χ4n) is 2.36. The van der Waals surface area contributed by atoms with Gasteiger partial charge in [0.05, 0.1) is 15.6 Å². The average molecular weight is 450 g/mol. The van der Waals surface area contributed by atoms with Gasteiger partial charge < -0.3 is 5.11 Å². The molecule has 4 nitrogen and oxygen atoms in total. The van der Waals surface area contributed by atoms with Crippen molar-refractivity contribution in [1.29, 1.82) is 0 Å². The second kappa shape index (κ2) is 8.49. The molecule has 0 bridgehead atoms. The zero-order valence-electron chi connectivity index (χ0n) is 13.4. The zero-order valence-corrected chi connectivity index (χ0v) is 16.6. The van der Waals surface area contributed by atoms with Crippen LogP contribution in [0.3, 0.4) is 0 Å². The number of phenolic OH excluding ortho intramolecular Hbond substituents is 1. The van der Waals surface area contributed by atoms with Crippen molar-refractivity contribution < 1.29 is 9.90 Å². The number of nitrogens with zero attached hydrogens (tertiary/aromatic N) is 1. The fourth-order valence-corrected chi connectivity index (χ4v) is 3.70. The molecule has 3 rings (SSSR count). The van der Waals surface area contributed by atoms with E-state index in [1.165, 1.54) is 17.6 Å². The lowest BCUT2D eigenvalue weighted by Gasteiger charge is -2.08. The van der Waals surface area contributed by atoms with E-state index in [9.17, 15) is 9.90 Å². The molecule has 0 saturated heterocycles. The largest absolute Gasteiger partial charge is 0.506 e.